The Hall–Kier alpha value is -2.80. The second-order valence-electron chi connectivity index (χ2n) is 4.63. The van der Waals surface area contributed by atoms with E-state index in [0.717, 1.165) is 4.90 Å². The highest BCUT2D eigenvalue weighted by molar-refractivity contribution is 7.99. The number of carboxylic acid groups (broad SMARTS) is 1. The van der Waals surface area contributed by atoms with E-state index in [2.05, 4.69) is 4.74 Å². The molecule has 0 aliphatic carbocycles. The first-order valence-corrected chi connectivity index (χ1v) is 7.59. The molecule has 2 rings (SSSR count). The summed E-state index contributed by atoms with van der Waals surface area (Å²) in [5.74, 6) is -2.18. The van der Waals surface area contributed by atoms with Crippen molar-refractivity contribution in [1.82, 2.24) is 0 Å². The number of carboxylic acids is 1. The van der Waals surface area contributed by atoms with Crippen molar-refractivity contribution in [3.8, 4) is 0 Å². The predicted octanol–water partition coefficient (Wildman–Crippen LogP) is 3.11. The van der Waals surface area contributed by atoms with Crippen LogP contribution in [-0.4, -0.2) is 37.2 Å². The van der Waals surface area contributed by atoms with Crippen LogP contribution in [0.1, 0.15) is 31.1 Å². The molecule has 0 fully saturated rings. The van der Waals surface area contributed by atoms with Crippen molar-refractivity contribution in [1.29, 1.82) is 0 Å². The van der Waals surface area contributed by atoms with Crippen LogP contribution in [0.15, 0.2) is 52.3 Å². The van der Waals surface area contributed by atoms with E-state index in [4.69, 9.17) is 9.84 Å². The van der Waals surface area contributed by atoms with Gasteiger partial charge in [0.15, 0.2) is 0 Å². The molecule has 2 aromatic carbocycles. The number of hydrogen-bond acceptors (Lipinski definition) is 6. The van der Waals surface area contributed by atoms with Gasteiger partial charge in [-0.25, -0.2) is 14.4 Å². The van der Waals surface area contributed by atoms with Crippen LogP contribution in [0.25, 0.3) is 0 Å². The van der Waals surface area contributed by atoms with Crippen molar-refractivity contribution >= 4 is 29.7 Å². The quantitative estimate of drug-likeness (QED) is 0.832. The summed E-state index contributed by atoms with van der Waals surface area (Å²) in [7, 11) is 2.53. The molecule has 24 heavy (non-hydrogen) atoms. The Morgan fingerprint density at radius 1 is 0.875 bits per heavy atom. The van der Waals surface area contributed by atoms with Gasteiger partial charge in [-0.05, 0) is 42.5 Å². The summed E-state index contributed by atoms with van der Waals surface area (Å²) in [5, 5.41) is 9.05. The number of rotatable bonds is 5. The van der Waals surface area contributed by atoms with Gasteiger partial charge in [0.1, 0.15) is 0 Å². The third-order valence-electron chi connectivity index (χ3n) is 3.14. The summed E-state index contributed by atoms with van der Waals surface area (Å²) >= 11 is 1.26. The zero-order valence-corrected chi connectivity index (χ0v) is 13.8. The summed E-state index contributed by atoms with van der Waals surface area (Å²) in [6.07, 6.45) is 0. The van der Waals surface area contributed by atoms with Gasteiger partial charge in [-0.1, -0.05) is 11.8 Å². The van der Waals surface area contributed by atoms with Crippen LogP contribution >= 0.6 is 11.8 Å². The number of carbonyl (C=O) groups is 3. The van der Waals surface area contributed by atoms with E-state index >= 15 is 0 Å². The first-order chi connectivity index (χ1) is 11.5. The number of methoxy groups -OCH3 is 2. The third kappa shape index (κ3) is 3.94. The van der Waals surface area contributed by atoms with Gasteiger partial charge in [0.2, 0.25) is 0 Å². The Balaban J connectivity index is 2.33. The van der Waals surface area contributed by atoms with Crippen molar-refractivity contribution in [3.63, 3.8) is 0 Å². The molecule has 0 amide bonds. The minimum Gasteiger partial charge on any atom is -0.478 e. The van der Waals surface area contributed by atoms with E-state index in [1.165, 1.54) is 38.1 Å². The summed E-state index contributed by atoms with van der Waals surface area (Å²) in [4.78, 5) is 35.7. The second-order valence-corrected chi connectivity index (χ2v) is 5.74. The minimum absolute atomic E-state index is 0.000731. The number of benzene rings is 2. The normalized spacial score (nSPS) is 10.1. The topological polar surface area (TPSA) is 89.9 Å². The van der Waals surface area contributed by atoms with Crippen LogP contribution < -0.4 is 0 Å². The molecule has 0 unspecified atom stereocenters. The maximum Gasteiger partial charge on any atom is 0.339 e. The largest absolute Gasteiger partial charge is 0.478 e. The molecule has 124 valence electrons. The lowest BCUT2D eigenvalue weighted by Crippen LogP contribution is -2.06. The van der Waals surface area contributed by atoms with Crippen LogP contribution in [0.4, 0.5) is 0 Å². The summed E-state index contributed by atoms with van der Waals surface area (Å²) < 4.78 is 9.34. The fourth-order valence-electron chi connectivity index (χ4n) is 1.93. The van der Waals surface area contributed by atoms with E-state index in [-0.39, 0.29) is 11.1 Å². The molecule has 0 saturated carbocycles. The molecule has 0 saturated heterocycles. The molecule has 1 N–H and O–H groups in total. The molecule has 0 aliphatic rings. The molecule has 0 atom stereocenters. The summed E-state index contributed by atoms with van der Waals surface area (Å²) in [5.41, 5.74) is 0.580. The van der Waals surface area contributed by atoms with Crippen molar-refractivity contribution < 1.29 is 29.0 Å². The highest BCUT2D eigenvalue weighted by Crippen LogP contribution is 2.31. The summed E-state index contributed by atoms with van der Waals surface area (Å²) in [6, 6.07) is 10.9. The zero-order chi connectivity index (χ0) is 17.7. The van der Waals surface area contributed by atoms with Gasteiger partial charge in [-0.15, -0.1) is 0 Å². The standard InChI is InChI=1S/C17H14O6S/c1-22-16(20)10-3-6-12(7-4-10)24-14-8-5-11(15(18)19)9-13(14)17(21)23-2/h3-9H,1-2H3,(H,18,19). The number of carbonyl (C=O) groups excluding carboxylic acids is 2. The highest BCUT2D eigenvalue weighted by Gasteiger charge is 2.16. The fourth-order valence-corrected chi connectivity index (χ4v) is 2.84. The molecule has 0 aliphatic heterocycles. The van der Waals surface area contributed by atoms with Gasteiger partial charge in [0.05, 0.1) is 30.9 Å². The van der Waals surface area contributed by atoms with E-state index in [0.29, 0.717) is 10.5 Å². The van der Waals surface area contributed by atoms with Crippen molar-refractivity contribution in [2.45, 2.75) is 9.79 Å². The zero-order valence-electron chi connectivity index (χ0n) is 12.9. The smallest absolute Gasteiger partial charge is 0.339 e. The number of aromatic carboxylic acids is 1. The minimum atomic E-state index is -1.13. The van der Waals surface area contributed by atoms with Crippen LogP contribution in [0.5, 0.6) is 0 Å². The number of hydrogen-bond donors (Lipinski definition) is 1. The highest BCUT2D eigenvalue weighted by atomic mass is 32.2. The van der Waals surface area contributed by atoms with Crippen LogP contribution in [0.2, 0.25) is 0 Å². The molecule has 6 nitrogen and oxygen atoms in total. The van der Waals surface area contributed by atoms with Crippen molar-refractivity contribution in [2.24, 2.45) is 0 Å². The maximum atomic E-state index is 11.9. The van der Waals surface area contributed by atoms with Gasteiger partial charge < -0.3 is 14.6 Å². The van der Waals surface area contributed by atoms with E-state index < -0.39 is 17.9 Å². The molecule has 0 aromatic heterocycles. The SMILES string of the molecule is COC(=O)c1ccc(Sc2ccc(C(=O)O)cc2C(=O)OC)cc1. The third-order valence-corrected chi connectivity index (χ3v) is 4.22. The van der Waals surface area contributed by atoms with E-state index in [1.54, 1.807) is 30.3 Å². The molecule has 7 heteroatoms. The second kappa shape index (κ2) is 7.65. The fraction of sp³-hybridized carbons (Fsp3) is 0.118. The van der Waals surface area contributed by atoms with Gasteiger partial charge >= 0.3 is 17.9 Å². The van der Waals surface area contributed by atoms with E-state index in [1.807, 2.05) is 0 Å². The van der Waals surface area contributed by atoms with Crippen LogP contribution in [0, 0.1) is 0 Å². The van der Waals surface area contributed by atoms with Gasteiger partial charge in [-0.2, -0.15) is 0 Å². The average Bonchev–Trinajstić information content (AvgIpc) is 2.61. The molecule has 0 radical (unpaired) electrons. The summed E-state index contributed by atoms with van der Waals surface area (Å²) in [6.45, 7) is 0. The maximum absolute atomic E-state index is 11.9. The lowest BCUT2D eigenvalue weighted by atomic mass is 10.1. The van der Waals surface area contributed by atoms with Crippen LogP contribution in [-0.2, 0) is 9.47 Å². The van der Waals surface area contributed by atoms with Gasteiger partial charge in [-0.3, -0.25) is 0 Å². The Labute approximate surface area is 142 Å². The molecule has 0 heterocycles. The molecule has 0 bridgehead atoms. The van der Waals surface area contributed by atoms with Gasteiger partial charge in [0.25, 0.3) is 0 Å². The lowest BCUT2D eigenvalue weighted by Gasteiger charge is -2.09. The van der Waals surface area contributed by atoms with Crippen molar-refractivity contribution in [2.75, 3.05) is 14.2 Å². The van der Waals surface area contributed by atoms with Crippen molar-refractivity contribution in [3.05, 3.63) is 59.2 Å². The Kier molecular flexibility index (Phi) is 5.59. The first kappa shape index (κ1) is 17.6. The molecular formula is C17H14O6S. The first-order valence-electron chi connectivity index (χ1n) is 6.78. The number of esters is 2. The Morgan fingerprint density at radius 3 is 2.00 bits per heavy atom. The van der Waals surface area contributed by atoms with Gasteiger partial charge in [0, 0.05) is 9.79 Å². The predicted molar refractivity (Wildman–Crippen MR) is 86.6 cm³/mol. The Bertz CT molecular complexity index is 782. The average molecular weight is 346 g/mol. The molecular weight excluding hydrogens is 332 g/mol. The molecule has 0 spiro atoms. The molecule has 2 aromatic rings. The van der Waals surface area contributed by atoms with E-state index in [9.17, 15) is 14.4 Å². The lowest BCUT2D eigenvalue weighted by molar-refractivity contribution is 0.0589. The monoisotopic (exact) mass is 346 g/mol. The number of ether oxygens (including phenoxy) is 2. The Morgan fingerprint density at radius 2 is 1.46 bits per heavy atom. The van der Waals surface area contributed by atoms with Crippen LogP contribution in [0.3, 0.4) is 0 Å².